The van der Waals surface area contributed by atoms with E-state index in [2.05, 4.69) is 0 Å². The molecule has 17 nitrogen and oxygen atoms in total. The Morgan fingerprint density at radius 2 is 1.47 bits per heavy atom. The lowest BCUT2D eigenvalue weighted by atomic mass is 9.78. The van der Waals surface area contributed by atoms with Crippen molar-refractivity contribution >= 4 is 29.2 Å². The number of aliphatic hydroxyl groups excluding tert-OH is 1. The molecule has 1 saturated carbocycles. The predicted molar refractivity (Wildman–Crippen MR) is 282 cm³/mol. The summed E-state index contributed by atoms with van der Waals surface area (Å²) in [6.45, 7) is 15.0. The van der Waals surface area contributed by atoms with E-state index in [9.17, 15) is 34.2 Å². The van der Waals surface area contributed by atoms with Gasteiger partial charge >= 0.3 is 5.97 Å². The molecule has 3 fully saturated rings. The van der Waals surface area contributed by atoms with Crippen LogP contribution >= 0.6 is 0 Å². The number of rotatable bonds is 16. The zero-order valence-electron chi connectivity index (χ0n) is 47.0. The predicted octanol–water partition coefficient (Wildman–Crippen LogP) is 6.88. The number of ether oxygens (including phenoxy) is 9. The van der Waals surface area contributed by atoms with E-state index >= 15 is 0 Å². The topological polar surface area (TPSA) is 212 Å². The van der Waals surface area contributed by atoms with Crippen molar-refractivity contribution in [2.75, 3.05) is 74.6 Å². The van der Waals surface area contributed by atoms with Crippen molar-refractivity contribution in [1.82, 2.24) is 4.90 Å². The average molecular weight is 1060 g/mol. The molecule has 2 N–H and O–H groups in total. The molecule has 4 rings (SSSR count). The number of carbonyl (C=O) groups is 5. The van der Waals surface area contributed by atoms with E-state index in [1.807, 2.05) is 58.1 Å². The second-order valence-electron chi connectivity index (χ2n) is 21.7. The molecule has 0 unspecified atom stereocenters. The van der Waals surface area contributed by atoms with Gasteiger partial charge in [0.2, 0.25) is 5.79 Å². The first-order valence-electron chi connectivity index (χ1n) is 27.5. The maximum atomic E-state index is 14.6. The fraction of sp³-hybridized carbons (Fsp3) is 0.776. The molecule has 17 heteroatoms. The highest BCUT2D eigenvalue weighted by atomic mass is 16.6. The maximum absolute atomic E-state index is 14.6. The summed E-state index contributed by atoms with van der Waals surface area (Å²) in [5, 5.41) is 23.7. The van der Waals surface area contributed by atoms with Gasteiger partial charge < -0.3 is 57.7 Å². The normalized spacial score (nSPS) is 35.5. The third-order valence-corrected chi connectivity index (χ3v) is 15.8. The maximum Gasteiger partial charge on any atom is 0.329 e. The van der Waals surface area contributed by atoms with Gasteiger partial charge in [0.25, 0.3) is 11.7 Å². The van der Waals surface area contributed by atoms with Crippen LogP contribution in [-0.2, 0) is 66.6 Å². The summed E-state index contributed by atoms with van der Waals surface area (Å²) in [5.74, 6) is -8.00. The van der Waals surface area contributed by atoms with Gasteiger partial charge in [-0.25, -0.2) is 4.79 Å². The number of amides is 1. The fourth-order valence-corrected chi connectivity index (χ4v) is 11.0. The summed E-state index contributed by atoms with van der Waals surface area (Å²) in [6, 6.07) is -1.15. The van der Waals surface area contributed by atoms with Gasteiger partial charge in [0.05, 0.1) is 64.1 Å². The standard InChI is InChI=1S/C58H93NO16/c1-37-17-13-12-14-18-38(2)49(73-30-29-72-28-27-71-26-25-67-8)35-45-22-20-43(7)58(66,75-45)55(63)56(64)59-24-16-15-19-46(59)57(65)74-50(40(4)33-44-21-23-48(68-9)51(34-44)69-10)36-47(60)39(3)32-42(6)53(62)54(70-11)52(61)41(5)31-37/h12-14,17-18,32,37,39-41,43-46,48-51,53-54,62,66H,15-16,19-31,33-36H2,1-11H3/b14-12?,17-13+,38-18?,42-32+/t37-,39-,40-,41-,43-,44+,45+,46+,48-,49-,50+,51-,53-,54+,58-/m1/s1. The van der Waals surface area contributed by atoms with Crippen LogP contribution in [0.15, 0.2) is 47.6 Å². The highest BCUT2D eigenvalue weighted by Gasteiger charge is 2.53. The molecule has 2 saturated heterocycles. The van der Waals surface area contributed by atoms with E-state index in [0.29, 0.717) is 70.5 Å². The van der Waals surface area contributed by atoms with Crippen LogP contribution in [0.2, 0.25) is 0 Å². The van der Waals surface area contributed by atoms with Crippen molar-refractivity contribution < 1.29 is 76.8 Å². The molecule has 75 heavy (non-hydrogen) atoms. The number of methoxy groups -OCH3 is 4. The smallest absolute Gasteiger partial charge is 0.329 e. The number of fused-ring (bicyclic) bond motifs is 3. The fourth-order valence-electron chi connectivity index (χ4n) is 11.0. The number of nitrogens with zero attached hydrogens (tertiary/aromatic N) is 1. The molecule has 0 aromatic rings. The van der Waals surface area contributed by atoms with E-state index in [0.717, 1.165) is 24.8 Å². The van der Waals surface area contributed by atoms with Crippen LogP contribution in [0.5, 0.6) is 0 Å². The Bertz CT molecular complexity index is 1930. The van der Waals surface area contributed by atoms with Crippen LogP contribution in [0, 0.1) is 35.5 Å². The lowest BCUT2D eigenvalue weighted by molar-refractivity contribution is -0.266. The van der Waals surface area contributed by atoms with Gasteiger partial charge in [-0.2, -0.15) is 0 Å². The summed E-state index contributed by atoms with van der Waals surface area (Å²) < 4.78 is 52.4. The van der Waals surface area contributed by atoms with Gasteiger partial charge in [0.15, 0.2) is 5.78 Å². The minimum Gasteiger partial charge on any atom is -0.460 e. The molecule has 1 aliphatic carbocycles. The SMILES string of the molecule is COCCOCCOCCO[C@@H]1C[C@@H]2CC[C@@H](C)[C@@](O)(O2)C(=O)C(=O)N2CCCC[C@H]2C(=O)O[C@H]([C@H](C)C[C@@H]2CC[C@@H](OC)[C@H](OC)C2)CC(=O)[C@H](C)/C=C(\C)[C@@H](O)[C@@H](OC)C(=O)[C@H](C)C[C@H](C)/C=C/C=CC=C1C. The Hall–Kier alpha value is -3.49. The third-order valence-electron chi connectivity index (χ3n) is 15.8. The first-order chi connectivity index (χ1) is 35.8. The van der Waals surface area contributed by atoms with Gasteiger partial charge in [-0.05, 0) is 107 Å². The average Bonchev–Trinajstić information content (AvgIpc) is 3.39. The molecule has 426 valence electrons. The van der Waals surface area contributed by atoms with Crippen LogP contribution < -0.4 is 0 Å². The van der Waals surface area contributed by atoms with E-state index in [-0.39, 0.29) is 80.5 Å². The van der Waals surface area contributed by atoms with Crippen molar-refractivity contribution in [2.24, 2.45) is 35.5 Å². The van der Waals surface area contributed by atoms with Gasteiger partial charge in [-0.3, -0.25) is 19.2 Å². The highest BCUT2D eigenvalue weighted by Crippen LogP contribution is 2.38. The molecular weight excluding hydrogens is 967 g/mol. The van der Waals surface area contributed by atoms with Crippen LogP contribution in [-0.4, -0.2) is 174 Å². The van der Waals surface area contributed by atoms with Crippen molar-refractivity contribution in [3.63, 3.8) is 0 Å². The zero-order valence-corrected chi connectivity index (χ0v) is 47.0. The number of piperidine rings is 1. The zero-order chi connectivity index (χ0) is 55.2. The van der Waals surface area contributed by atoms with Gasteiger partial charge in [-0.15, -0.1) is 0 Å². The van der Waals surface area contributed by atoms with Crippen LogP contribution in [0.25, 0.3) is 0 Å². The van der Waals surface area contributed by atoms with Crippen molar-refractivity contribution in [1.29, 1.82) is 0 Å². The summed E-state index contributed by atoms with van der Waals surface area (Å²) in [7, 11) is 6.33. The Labute approximate surface area is 447 Å². The van der Waals surface area contributed by atoms with E-state index in [1.165, 1.54) is 12.0 Å². The number of allylic oxidation sites excluding steroid dienone is 6. The molecule has 0 spiro atoms. The lowest BCUT2D eigenvalue weighted by Crippen LogP contribution is -2.61. The molecule has 0 aromatic carbocycles. The van der Waals surface area contributed by atoms with E-state index < -0.39 is 77.8 Å². The summed E-state index contributed by atoms with van der Waals surface area (Å²) in [4.78, 5) is 72.8. The number of carbonyl (C=O) groups excluding carboxylic acids is 5. The van der Waals surface area contributed by atoms with Crippen molar-refractivity contribution in [3.8, 4) is 0 Å². The second-order valence-corrected chi connectivity index (χ2v) is 21.7. The number of esters is 1. The molecule has 4 aliphatic rings. The Morgan fingerprint density at radius 1 is 0.773 bits per heavy atom. The molecular formula is C58H93NO16. The van der Waals surface area contributed by atoms with Crippen molar-refractivity contribution in [3.05, 3.63) is 47.6 Å². The first kappa shape index (κ1) is 64.0. The minimum atomic E-state index is -2.48. The molecule has 3 heterocycles. The summed E-state index contributed by atoms with van der Waals surface area (Å²) in [5.41, 5.74) is 1.23. The Morgan fingerprint density at radius 3 is 2.15 bits per heavy atom. The monoisotopic (exact) mass is 1060 g/mol. The van der Waals surface area contributed by atoms with E-state index in [4.69, 9.17) is 42.6 Å². The quantitative estimate of drug-likeness (QED) is 0.0698. The Balaban J connectivity index is 1.68. The number of aliphatic hydroxyl groups is 2. The number of cyclic esters (lactones) is 1. The molecule has 3 aliphatic heterocycles. The number of hydrogen-bond donors (Lipinski definition) is 2. The minimum absolute atomic E-state index is 0.00808. The molecule has 15 atom stereocenters. The number of hydrogen-bond acceptors (Lipinski definition) is 16. The highest BCUT2D eigenvalue weighted by molar-refractivity contribution is 6.39. The summed E-state index contributed by atoms with van der Waals surface area (Å²) >= 11 is 0. The lowest BCUT2D eigenvalue weighted by Gasteiger charge is -2.43. The largest absolute Gasteiger partial charge is 0.460 e. The van der Waals surface area contributed by atoms with Gasteiger partial charge in [-0.1, -0.05) is 71.1 Å². The third kappa shape index (κ3) is 19.1. The number of ketones is 3. The number of Topliss-reactive ketones (excluding diaryl/α,β-unsaturated/α-hetero) is 3. The summed E-state index contributed by atoms with van der Waals surface area (Å²) in [6.07, 6.45) is 12.2. The van der Waals surface area contributed by atoms with E-state index in [1.54, 1.807) is 48.2 Å². The van der Waals surface area contributed by atoms with Gasteiger partial charge in [0, 0.05) is 65.6 Å². The molecule has 1 amide bonds. The Kier molecular flexibility index (Phi) is 27.7. The molecule has 0 aromatic heterocycles. The van der Waals surface area contributed by atoms with Crippen LogP contribution in [0.3, 0.4) is 0 Å². The molecule has 2 bridgehead atoms. The van der Waals surface area contributed by atoms with Crippen LogP contribution in [0.1, 0.15) is 126 Å². The van der Waals surface area contributed by atoms with Crippen LogP contribution in [0.4, 0.5) is 0 Å². The first-order valence-corrected chi connectivity index (χ1v) is 27.5. The van der Waals surface area contributed by atoms with Gasteiger partial charge in [0.1, 0.15) is 30.1 Å². The second kappa shape index (κ2) is 32.4. The molecule has 0 radical (unpaired) electrons. The van der Waals surface area contributed by atoms with Crippen molar-refractivity contribution in [2.45, 2.75) is 180 Å².